The fraction of sp³-hybridized carbons (Fsp3) is 0.810. The van der Waals surface area contributed by atoms with Gasteiger partial charge in [-0.2, -0.15) is 0 Å². The standard InChI is InChI=1S/C21H36O7/c1-20(27-3,14-10-6-5-9-13-18(23)24)21(2,28-4)15-11-7-8-12-17(16-22)19(25)26/h5-15H2,1-4H3,(H,23,24)(H,25,26). The summed E-state index contributed by atoms with van der Waals surface area (Å²) in [4.78, 5) is 31.9. The molecule has 0 rings (SSSR count). The van der Waals surface area contributed by atoms with Gasteiger partial charge in [-0.3, -0.25) is 4.79 Å². The highest BCUT2D eigenvalue weighted by Gasteiger charge is 2.44. The average Bonchev–Trinajstić information content (AvgIpc) is 2.66. The zero-order chi connectivity index (χ0) is 21.6. The molecule has 0 aromatic rings. The summed E-state index contributed by atoms with van der Waals surface area (Å²) in [6.07, 6.45) is 7.65. The molecule has 0 saturated carbocycles. The van der Waals surface area contributed by atoms with Crippen molar-refractivity contribution in [3.63, 3.8) is 0 Å². The van der Waals surface area contributed by atoms with Crippen LogP contribution < -0.4 is 0 Å². The van der Waals surface area contributed by atoms with E-state index in [9.17, 15) is 14.4 Å². The molecule has 0 bridgehead atoms. The summed E-state index contributed by atoms with van der Waals surface area (Å²) in [6.45, 7) is 4.06. The first kappa shape index (κ1) is 26.3. The van der Waals surface area contributed by atoms with E-state index in [1.165, 1.54) is 5.94 Å². The molecule has 0 aromatic heterocycles. The minimum Gasteiger partial charge on any atom is -0.481 e. The third-order valence-corrected chi connectivity index (χ3v) is 5.78. The zero-order valence-corrected chi connectivity index (χ0v) is 17.7. The lowest BCUT2D eigenvalue weighted by atomic mass is 9.77. The first-order valence-electron chi connectivity index (χ1n) is 9.95. The van der Waals surface area contributed by atoms with Crippen LogP contribution in [-0.4, -0.2) is 53.5 Å². The Labute approximate surface area is 168 Å². The number of unbranched alkanes of at least 4 members (excludes halogenated alkanes) is 5. The van der Waals surface area contributed by atoms with E-state index in [2.05, 4.69) is 0 Å². The van der Waals surface area contributed by atoms with Crippen molar-refractivity contribution in [1.82, 2.24) is 0 Å². The minimum absolute atomic E-state index is 0.209. The summed E-state index contributed by atoms with van der Waals surface area (Å²) in [7, 11) is 3.34. The van der Waals surface area contributed by atoms with Crippen LogP contribution in [0, 0.1) is 0 Å². The Morgan fingerprint density at radius 1 is 0.786 bits per heavy atom. The van der Waals surface area contributed by atoms with Gasteiger partial charge >= 0.3 is 11.9 Å². The maximum atomic E-state index is 10.8. The molecule has 162 valence electrons. The minimum atomic E-state index is -1.20. The number of carbonyl (C=O) groups excluding carboxylic acids is 1. The zero-order valence-electron chi connectivity index (χ0n) is 17.7. The van der Waals surface area contributed by atoms with Gasteiger partial charge in [0.1, 0.15) is 11.5 Å². The smallest absolute Gasteiger partial charge is 0.342 e. The Kier molecular flexibility index (Phi) is 12.7. The van der Waals surface area contributed by atoms with E-state index in [4.69, 9.17) is 19.7 Å². The number of ether oxygens (including phenoxy) is 2. The highest BCUT2D eigenvalue weighted by molar-refractivity contribution is 5.95. The second-order valence-corrected chi connectivity index (χ2v) is 7.62. The molecule has 2 N–H and O–H groups in total. The fourth-order valence-corrected chi connectivity index (χ4v) is 3.40. The van der Waals surface area contributed by atoms with Crippen molar-refractivity contribution in [3.05, 3.63) is 5.57 Å². The predicted octanol–water partition coefficient (Wildman–Crippen LogP) is 4.01. The Morgan fingerprint density at radius 2 is 1.21 bits per heavy atom. The number of hydrogen-bond donors (Lipinski definition) is 2. The van der Waals surface area contributed by atoms with Crippen LogP contribution in [0.15, 0.2) is 5.57 Å². The van der Waals surface area contributed by atoms with Gasteiger partial charge in [0.25, 0.3) is 0 Å². The third kappa shape index (κ3) is 9.00. The number of carboxylic acids is 2. The van der Waals surface area contributed by atoms with Crippen molar-refractivity contribution in [1.29, 1.82) is 0 Å². The molecule has 2 unspecified atom stereocenters. The van der Waals surface area contributed by atoms with Crippen molar-refractivity contribution >= 4 is 17.9 Å². The van der Waals surface area contributed by atoms with E-state index >= 15 is 0 Å². The molecule has 0 aliphatic carbocycles. The summed E-state index contributed by atoms with van der Waals surface area (Å²) in [5.74, 6) is -0.472. The summed E-state index contributed by atoms with van der Waals surface area (Å²) in [5, 5.41) is 17.5. The van der Waals surface area contributed by atoms with Crippen LogP contribution in [0.5, 0.6) is 0 Å². The van der Waals surface area contributed by atoms with E-state index in [0.29, 0.717) is 12.8 Å². The lowest BCUT2D eigenvalue weighted by Crippen LogP contribution is -2.52. The van der Waals surface area contributed by atoms with Gasteiger partial charge in [0, 0.05) is 20.6 Å². The van der Waals surface area contributed by atoms with Crippen molar-refractivity contribution in [2.24, 2.45) is 0 Å². The monoisotopic (exact) mass is 400 g/mol. The van der Waals surface area contributed by atoms with Crippen molar-refractivity contribution in [2.75, 3.05) is 14.2 Å². The summed E-state index contributed by atoms with van der Waals surface area (Å²) >= 11 is 0. The topological polar surface area (TPSA) is 110 Å². The largest absolute Gasteiger partial charge is 0.481 e. The van der Waals surface area contributed by atoms with Crippen LogP contribution >= 0.6 is 0 Å². The number of methoxy groups -OCH3 is 2. The average molecular weight is 401 g/mol. The van der Waals surface area contributed by atoms with E-state index < -0.39 is 23.1 Å². The first-order valence-corrected chi connectivity index (χ1v) is 9.95. The highest BCUT2D eigenvalue weighted by Crippen LogP contribution is 2.37. The first-order chi connectivity index (χ1) is 13.2. The fourth-order valence-electron chi connectivity index (χ4n) is 3.40. The Hall–Kier alpha value is -1.69. The Morgan fingerprint density at radius 3 is 1.61 bits per heavy atom. The van der Waals surface area contributed by atoms with Crippen LogP contribution in [0.2, 0.25) is 0 Å². The van der Waals surface area contributed by atoms with Crippen LogP contribution in [0.25, 0.3) is 0 Å². The quantitative estimate of drug-likeness (QED) is 0.215. The van der Waals surface area contributed by atoms with Gasteiger partial charge in [-0.1, -0.05) is 32.1 Å². The SMILES string of the molecule is COC(C)(CCCCCCC(=O)O)C(C)(CCCCCC(=C=O)C(=O)O)OC. The lowest BCUT2D eigenvalue weighted by Gasteiger charge is -2.45. The number of carboxylic acid groups (broad SMARTS) is 2. The van der Waals surface area contributed by atoms with Gasteiger partial charge < -0.3 is 19.7 Å². The van der Waals surface area contributed by atoms with Gasteiger partial charge in [-0.25, -0.2) is 9.59 Å². The van der Waals surface area contributed by atoms with Gasteiger partial charge in [-0.05, 0) is 46.0 Å². The second-order valence-electron chi connectivity index (χ2n) is 7.62. The van der Waals surface area contributed by atoms with Crippen LogP contribution in [0.1, 0.15) is 84.5 Å². The predicted molar refractivity (Wildman–Crippen MR) is 106 cm³/mol. The second kappa shape index (κ2) is 13.5. The molecule has 0 aromatic carbocycles. The van der Waals surface area contributed by atoms with Crippen molar-refractivity contribution in [3.8, 4) is 0 Å². The van der Waals surface area contributed by atoms with E-state index in [1.54, 1.807) is 14.2 Å². The molecular formula is C21H36O7. The Bertz CT molecular complexity index is 539. The number of aliphatic carboxylic acids is 2. The molecule has 7 nitrogen and oxygen atoms in total. The van der Waals surface area contributed by atoms with Gasteiger partial charge in [-0.15, -0.1) is 0 Å². The number of carbonyl (C=O) groups is 2. The third-order valence-electron chi connectivity index (χ3n) is 5.78. The van der Waals surface area contributed by atoms with Crippen LogP contribution in [-0.2, 0) is 23.9 Å². The van der Waals surface area contributed by atoms with Gasteiger partial charge in [0.05, 0.1) is 11.2 Å². The molecule has 2 atom stereocenters. The molecule has 28 heavy (non-hydrogen) atoms. The maximum absolute atomic E-state index is 10.8. The molecule has 0 saturated heterocycles. The van der Waals surface area contributed by atoms with Crippen molar-refractivity contribution < 1.29 is 34.1 Å². The molecule has 7 heteroatoms. The molecule has 0 fully saturated rings. The highest BCUT2D eigenvalue weighted by atomic mass is 16.5. The maximum Gasteiger partial charge on any atom is 0.342 e. The van der Waals surface area contributed by atoms with Crippen LogP contribution in [0.4, 0.5) is 0 Å². The molecule has 0 aliphatic heterocycles. The Balaban J connectivity index is 4.49. The summed E-state index contributed by atoms with van der Waals surface area (Å²) < 4.78 is 11.7. The van der Waals surface area contributed by atoms with Gasteiger partial charge in [0.2, 0.25) is 0 Å². The van der Waals surface area contributed by atoms with Crippen LogP contribution in [0.3, 0.4) is 0 Å². The number of rotatable bonds is 17. The summed E-state index contributed by atoms with van der Waals surface area (Å²) in [5.41, 5.74) is -1.19. The normalized spacial score (nSPS) is 15.3. The van der Waals surface area contributed by atoms with E-state index in [1.807, 2.05) is 13.8 Å². The van der Waals surface area contributed by atoms with E-state index in [0.717, 1.165) is 44.9 Å². The lowest BCUT2D eigenvalue weighted by molar-refractivity contribution is -0.176. The molecular weight excluding hydrogens is 364 g/mol. The van der Waals surface area contributed by atoms with Gasteiger partial charge in [0.15, 0.2) is 0 Å². The molecule has 0 radical (unpaired) electrons. The van der Waals surface area contributed by atoms with E-state index in [-0.39, 0.29) is 18.4 Å². The molecule has 0 aliphatic rings. The summed E-state index contributed by atoms with van der Waals surface area (Å²) in [6, 6.07) is 0. The molecule has 0 amide bonds. The molecule has 0 heterocycles. The molecule has 0 spiro atoms. The number of hydrogen-bond acceptors (Lipinski definition) is 5. The van der Waals surface area contributed by atoms with Crippen molar-refractivity contribution in [2.45, 2.75) is 95.7 Å².